The molecule has 2 aliphatic rings. The molecule has 0 amide bonds. The topological polar surface area (TPSA) is 92.7 Å². The predicted octanol–water partition coefficient (Wildman–Crippen LogP) is 2.85. The number of H-pyrrole nitrogens is 1. The van der Waals surface area contributed by atoms with E-state index < -0.39 is 11.2 Å². The first-order valence-corrected chi connectivity index (χ1v) is 10.2. The van der Waals surface area contributed by atoms with Crippen LogP contribution < -0.4 is 16.6 Å². The van der Waals surface area contributed by atoms with Crippen LogP contribution in [0.25, 0.3) is 22.6 Å². The summed E-state index contributed by atoms with van der Waals surface area (Å²) < 4.78 is 1.92. The average Bonchev–Trinajstić information content (AvgIpc) is 2.72. The zero-order valence-electron chi connectivity index (χ0n) is 17.6. The molecule has 31 heavy (non-hydrogen) atoms. The van der Waals surface area contributed by atoms with Gasteiger partial charge in [0.05, 0.1) is 11.0 Å². The van der Waals surface area contributed by atoms with Crippen LogP contribution in [0.2, 0.25) is 0 Å². The molecule has 2 aliphatic heterocycles. The molecular formula is C23H26ClN5O2. The molecule has 0 atom stereocenters. The molecular weight excluding hydrogens is 414 g/mol. The van der Waals surface area contributed by atoms with E-state index in [1.807, 2.05) is 36.6 Å². The van der Waals surface area contributed by atoms with E-state index in [1.54, 1.807) is 0 Å². The van der Waals surface area contributed by atoms with Crippen molar-refractivity contribution in [3.8, 4) is 11.5 Å². The molecule has 162 valence electrons. The van der Waals surface area contributed by atoms with Crippen molar-refractivity contribution >= 4 is 23.4 Å². The van der Waals surface area contributed by atoms with Gasteiger partial charge in [-0.05, 0) is 62.1 Å². The Balaban J connectivity index is 0.00000272. The van der Waals surface area contributed by atoms with E-state index in [4.69, 9.17) is 0 Å². The normalized spacial score (nSPS) is 11.0. The minimum Gasteiger partial charge on any atom is -0.321 e. The summed E-state index contributed by atoms with van der Waals surface area (Å²) >= 11 is 0. The summed E-state index contributed by atoms with van der Waals surface area (Å²) in [5.41, 5.74) is 4.18. The lowest BCUT2D eigenvalue weighted by molar-refractivity contribution is 0.587. The Morgan fingerprint density at radius 3 is 2.52 bits per heavy atom. The van der Waals surface area contributed by atoms with Crippen molar-refractivity contribution in [2.24, 2.45) is 0 Å². The lowest BCUT2D eigenvalue weighted by Gasteiger charge is -2.18. The van der Waals surface area contributed by atoms with Crippen LogP contribution in [0.1, 0.15) is 23.1 Å². The van der Waals surface area contributed by atoms with Crippen LogP contribution >= 0.6 is 12.4 Å². The van der Waals surface area contributed by atoms with Gasteiger partial charge in [0.1, 0.15) is 0 Å². The summed E-state index contributed by atoms with van der Waals surface area (Å²) in [6.45, 7) is 6.22. The van der Waals surface area contributed by atoms with Crippen LogP contribution in [0.15, 0.2) is 52.1 Å². The second kappa shape index (κ2) is 9.85. The lowest BCUT2D eigenvalue weighted by atomic mass is 10.1. The zero-order chi connectivity index (χ0) is 21.1. The number of hydrogen-bond donors (Lipinski definition) is 2. The first-order valence-electron chi connectivity index (χ1n) is 10.2. The third kappa shape index (κ3) is 5.00. The smallest absolute Gasteiger partial charge is 0.321 e. The van der Waals surface area contributed by atoms with Gasteiger partial charge in [-0.15, -0.1) is 12.4 Å². The summed E-state index contributed by atoms with van der Waals surface area (Å²) in [4.78, 5) is 34.9. The first kappa shape index (κ1) is 22.7. The molecule has 0 fully saturated rings. The van der Waals surface area contributed by atoms with Crippen molar-refractivity contribution in [3.05, 3.63) is 80.0 Å². The Labute approximate surface area is 186 Å². The molecule has 2 heterocycles. The van der Waals surface area contributed by atoms with Crippen LogP contribution in [-0.2, 0) is 13.0 Å². The highest BCUT2D eigenvalue weighted by atomic mass is 35.5. The molecule has 2 aromatic rings. The highest BCUT2D eigenvalue weighted by Crippen LogP contribution is 2.23. The number of aryl methyl sites for hydroxylation is 3. The second-order valence-electron chi connectivity index (χ2n) is 7.57. The van der Waals surface area contributed by atoms with Crippen LogP contribution in [0.4, 0.5) is 0 Å². The Hall–Kier alpha value is -3.03. The van der Waals surface area contributed by atoms with Crippen molar-refractivity contribution in [1.29, 1.82) is 0 Å². The Kier molecular flexibility index (Phi) is 7.20. The minimum absolute atomic E-state index is 0. The summed E-state index contributed by atoms with van der Waals surface area (Å²) in [5.74, 6) is 0.325. The molecule has 0 aromatic heterocycles. The van der Waals surface area contributed by atoms with E-state index in [9.17, 15) is 9.59 Å². The molecule has 0 unspecified atom stereocenters. The van der Waals surface area contributed by atoms with Gasteiger partial charge in [0.15, 0.2) is 11.5 Å². The summed E-state index contributed by atoms with van der Waals surface area (Å²) in [6.07, 6.45) is 2.06. The van der Waals surface area contributed by atoms with Crippen molar-refractivity contribution in [2.75, 3.05) is 13.1 Å². The molecule has 8 heteroatoms. The van der Waals surface area contributed by atoms with E-state index in [0.29, 0.717) is 18.9 Å². The van der Waals surface area contributed by atoms with Crippen molar-refractivity contribution in [2.45, 2.75) is 33.2 Å². The van der Waals surface area contributed by atoms with Gasteiger partial charge in [-0.25, -0.2) is 9.78 Å². The van der Waals surface area contributed by atoms with E-state index in [1.165, 1.54) is 5.56 Å². The third-order valence-electron chi connectivity index (χ3n) is 5.40. The quantitative estimate of drug-likeness (QED) is 0.341. The van der Waals surface area contributed by atoms with Gasteiger partial charge in [0.25, 0.3) is 5.56 Å². The van der Waals surface area contributed by atoms with Gasteiger partial charge in [0.2, 0.25) is 0 Å². The summed E-state index contributed by atoms with van der Waals surface area (Å²) in [7, 11) is 0. The molecule has 2 N–H and O–H groups in total. The van der Waals surface area contributed by atoms with Gasteiger partial charge >= 0.3 is 5.69 Å². The highest BCUT2D eigenvalue weighted by Gasteiger charge is 2.18. The number of halogens is 1. The van der Waals surface area contributed by atoms with Gasteiger partial charge in [-0.1, -0.05) is 30.3 Å². The van der Waals surface area contributed by atoms with Crippen molar-refractivity contribution in [1.82, 2.24) is 24.8 Å². The monoisotopic (exact) mass is 439 g/mol. The maximum atomic E-state index is 12.3. The van der Waals surface area contributed by atoms with E-state index in [0.717, 1.165) is 41.5 Å². The van der Waals surface area contributed by atoms with Crippen molar-refractivity contribution < 1.29 is 0 Å². The number of hydrogen-bond acceptors (Lipinski definition) is 5. The molecule has 0 saturated carbocycles. The predicted molar refractivity (Wildman–Crippen MR) is 125 cm³/mol. The Bertz CT molecular complexity index is 1270. The van der Waals surface area contributed by atoms with Crippen LogP contribution in [0, 0.1) is 13.8 Å². The largest absolute Gasteiger partial charge is 0.349 e. The molecule has 4 rings (SSSR count). The fraction of sp³-hybridized carbons (Fsp3) is 0.304. The van der Waals surface area contributed by atoms with Gasteiger partial charge in [-0.3, -0.25) is 9.78 Å². The maximum Gasteiger partial charge on any atom is 0.349 e. The third-order valence-corrected chi connectivity index (χ3v) is 5.40. The molecule has 0 saturated heterocycles. The van der Waals surface area contributed by atoms with Gasteiger partial charge < -0.3 is 9.88 Å². The fourth-order valence-electron chi connectivity index (χ4n) is 3.65. The maximum absolute atomic E-state index is 12.3. The van der Waals surface area contributed by atoms with Crippen LogP contribution in [0.3, 0.4) is 0 Å². The van der Waals surface area contributed by atoms with Gasteiger partial charge in [-0.2, -0.15) is 4.98 Å². The number of aromatic nitrogens is 4. The minimum atomic E-state index is -0.651. The molecule has 0 radical (unpaired) electrons. The molecule has 0 bridgehead atoms. The number of rotatable bonds is 7. The van der Waals surface area contributed by atoms with Crippen LogP contribution in [-0.4, -0.2) is 32.6 Å². The molecule has 0 spiro atoms. The molecule has 2 aromatic carbocycles. The Morgan fingerprint density at radius 2 is 1.74 bits per heavy atom. The number of nitrogens with zero attached hydrogens (tertiary/aromatic N) is 3. The Morgan fingerprint density at radius 1 is 1.00 bits per heavy atom. The highest BCUT2D eigenvalue weighted by molar-refractivity contribution is 5.85. The molecule has 0 aliphatic carbocycles. The zero-order valence-corrected chi connectivity index (χ0v) is 18.5. The fourth-order valence-corrected chi connectivity index (χ4v) is 3.65. The standard InChI is InChI=1S/C23H25N5O2.ClH/c1-15-13-18-19(14-16(15)2)28(21-20(25-18)22(29)27-23(30)26-21)12-11-24-10-6-9-17-7-4-3-5-8-17;/h3-5,7-8,13-14,24H,6,9-12H2,1-2H3,(H,27,29,30);1H. The summed E-state index contributed by atoms with van der Waals surface area (Å²) in [6, 6.07) is 14.4. The number of aromatic amines is 1. The summed E-state index contributed by atoms with van der Waals surface area (Å²) in [5, 5.41) is 3.46. The molecule has 7 nitrogen and oxygen atoms in total. The van der Waals surface area contributed by atoms with Crippen molar-refractivity contribution in [3.63, 3.8) is 0 Å². The number of benzene rings is 2. The number of nitrogens with one attached hydrogen (secondary N) is 2. The van der Waals surface area contributed by atoms with E-state index in [2.05, 4.69) is 44.5 Å². The van der Waals surface area contributed by atoms with E-state index >= 15 is 0 Å². The lowest BCUT2D eigenvalue weighted by Crippen LogP contribution is -2.30. The van der Waals surface area contributed by atoms with Crippen LogP contribution in [0.5, 0.6) is 0 Å². The van der Waals surface area contributed by atoms with E-state index in [-0.39, 0.29) is 18.1 Å². The number of fused-ring (bicyclic) bond motifs is 2. The SMILES string of the molecule is Cc1cc2nc3c(=O)[nH]c(=O)nc-3n(CCNCCCc3ccccc3)c2cc1C.Cl. The first-order chi connectivity index (χ1) is 14.5. The average molecular weight is 440 g/mol. The van der Waals surface area contributed by atoms with Gasteiger partial charge in [0, 0.05) is 13.1 Å². The second-order valence-corrected chi connectivity index (χ2v) is 7.57.